The van der Waals surface area contributed by atoms with Crippen LogP contribution in [0.4, 0.5) is 0 Å². The van der Waals surface area contributed by atoms with Crippen molar-refractivity contribution in [3.63, 3.8) is 0 Å². The topological polar surface area (TPSA) is 25.8 Å². The largest absolute Gasteiger partial charge is 0.172 e. The SMILES string of the molecule is c1ccc2c(c1)-c1ccccc1C21c2ccccc2-c2ccc(-c3ccc(-c4ccc5c(c4)C4(c6ccccc6-c6ccccc64)c4ccccc4-5)c4nsnc34)cc21. The van der Waals surface area contributed by atoms with Gasteiger partial charge in [0.2, 0.25) is 0 Å². The zero-order valence-electron chi connectivity index (χ0n) is 31.8. The number of hydrogen-bond donors (Lipinski definition) is 0. The van der Waals surface area contributed by atoms with Crippen LogP contribution in [0.15, 0.2) is 194 Å². The van der Waals surface area contributed by atoms with Gasteiger partial charge in [-0.1, -0.05) is 182 Å². The zero-order valence-corrected chi connectivity index (χ0v) is 32.6. The Kier molecular flexibility index (Phi) is 6.07. The summed E-state index contributed by atoms with van der Waals surface area (Å²) in [5.74, 6) is 0. The van der Waals surface area contributed by atoms with E-state index in [2.05, 4.69) is 194 Å². The molecule has 2 nitrogen and oxygen atoms in total. The molecule has 0 amide bonds. The van der Waals surface area contributed by atoms with E-state index in [1.807, 2.05) is 0 Å². The summed E-state index contributed by atoms with van der Waals surface area (Å²) in [5.41, 5.74) is 26.8. The highest BCUT2D eigenvalue weighted by Crippen LogP contribution is 2.65. The Morgan fingerprint density at radius 3 is 0.814 bits per heavy atom. The van der Waals surface area contributed by atoms with Crippen LogP contribution in [0.1, 0.15) is 44.5 Å². The van der Waals surface area contributed by atoms with Gasteiger partial charge in [-0.25, -0.2) is 0 Å². The summed E-state index contributed by atoms with van der Waals surface area (Å²) in [7, 11) is 0. The molecule has 14 rings (SSSR count). The van der Waals surface area contributed by atoms with Gasteiger partial charge in [-0.3, -0.25) is 0 Å². The van der Waals surface area contributed by atoms with E-state index >= 15 is 0 Å². The van der Waals surface area contributed by atoms with E-state index in [1.165, 1.54) is 101 Å². The van der Waals surface area contributed by atoms with Crippen LogP contribution >= 0.6 is 11.7 Å². The number of nitrogens with zero attached hydrogens (tertiary/aromatic N) is 2. The van der Waals surface area contributed by atoms with Crippen molar-refractivity contribution in [1.29, 1.82) is 0 Å². The normalized spacial score (nSPS) is 14.7. The fourth-order valence-corrected chi connectivity index (χ4v) is 12.4. The van der Waals surface area contributed by atoms with Crippen molar-refractivity contribution in [3.05, 3.63) is 239 Å². The number of benzene rings is 9. The highest BCUT2D eigenvalue weighted by molar-refractivity contribution is 7.00. The van der Waals surface area contributed by atoms with Gasteiger partial charge in [0, 0.05) is 11.1 Å². The van der Waals surface area contributed by atoms with Gasteiger partial charge in [-0.05, 0) is 112 Å². The summed E-state index contributed by atoms with van der Waals surface area (Å²) >= 11 is 1.30. The third-order valence-corrected chi connectivity index (χ3v) is 14.6. The molecule has 0 saturated heterocycles. The van der Waals surface area contributed by atoms with E-state index in [9.17, 15) is 0 Å². The maximum absolute atomic E-state index is 5.04. The van der Waals surface area contributed by atoms with Gasteiger partial charge >= 0.3 is 0 Å². The van der Waals surface area contributed by atoms with Crippen molar-refractivity contribution in [3.8, 4) is 66.8 Å². The van der Waals surface area contributed by atoms with Crippen molar-refractivity contribution in [2.45, 2.75) is 10.8 Å². The molecule has 0 radical (unpaired) electrons. The van der Waals surface area contributed by atoms with Gasteiger partial charge in [-0.2, -0.15) is 8.75 Å². The van der Waals surface area contributed by atoms with Crippen LogP contribution in [-0.2, 0) is 10.8 Å². The van der Waals surface area contributed by atoms with E-state index in [0.717, 1.165) is 33.3 Å². The Labute approximate surface area is 346 Å². The quantitative estimate of drug-likeness (QED) is 0.175. The highest BCUT2D eigenvalue weighted by Gasteiger charge is 2.53. The third kappa shape index (κ3) is 3.74. The van der Waals surface area contributed by atoms with Crippen LogP contribution < -0.4 is 0 Å². The Balaban J connectivity index is 0.963. The first-order chi connectivity index (χ1) is 29.3. The minimum atomic E-state index is -0.399. The Morgan fingerprint density at radius 2 is 0.508 bits per heavy atom. The molecule has 0 bridgehead atoms. The molecule has 1 aromatic heterocycles. The van der Waals surface area contributed by atoms with Gasteiger partial charge in [0.25, 0.3) is 0 Å². The second-order valence-corrected chi connectivity index (χ2v) is 16.9. The minimum Gasteiger partial charge on any atom is -0.172 e. The van der Waals surface area contributed by atoms with Gasteiger partial charge in [-0.15, -0.1) is 0 Å². The summed E-state index contributed by atoms with van der Waals surface area (Å²) < 4.78 is 10.1. The first-order valence-electron chi connectivity index (χ1n) is 20.4. The monoisotopic (exact) mass is 764 g/mol. The summed E-state index contributed by atoms with van der Waals surface area (Å²) in [6.45, 7) is 0. The van der Waals surface area contributed by atoms with Gasteiger partial charge in [0.15, 0.2) is 0 Å². The Morgan fingerprint density at radius 1 is 0.254 bits per heavy atom. The van der Waals surface area contributed by atoms with Crippen LogP contribution in [0.2, 0.25) is 0 Å². The van der Waals surface area contributed by atoms with Crippen molar-refractivity contribution < 1.29 is 0 Å². The van der Waals surface area contributed by atoms with Crippen LogP contribution in [-0.4, -0.2) is 8.75 Å². The van der Waals surface area contributed by atoms with E-state index in [0.29, 0.717) is 0 Å². The molecule has 0 saturated carbocycles. The first kappa shape index (κ1) is 31.8. The van der Waals surface area contributed by atoms with Gasteiger partial charge in [0.1, 0.15) is 11.0 Å². The number of fused-ring (bicyclic) bond motifs is 21. The lowest BCUT2D eigenvalue weighted by Gasteiger charge is -2.30. The molecule has 10 aromatic rings. The molecule has 9 aromatic carbocycles. The predicted octanol–water partition coefficient (Wildman–Crippen LogP) is 13.7. The fraction of sp³-hybridized carbons (Fsp3) is 0.0357. The molecule has 0 aliphatic heterocycles. The van der Waals surface area contributed by atoms with E-state index in [-0.39, 0.29) is 0 Å². The van der Waals surface area contributed by atoms with E-state index in [4.69, 9.17) is 8.75 Å². The van der Waals surface area contributed by atoms with E-state index < -0.39 is 10.8 Å². The molecule has 0 N–H and O–H groups in total. The number of hydrogen-bond acceptors (Lipinski definition) is 3. The summed E-state index contributed by atoms with van der Waals surface area (Å²) in [5, 5.41) is 0. The van der Waals surface area contributed by atoms with Crippen molar-refractivity contribution in [2.24, 2.45) is 0 Å². The summed E-state index contributed by atoms with van der Waals surface area (Å²) in [6, 6.07) is 72.8. The van der Waals surface area contributed by atoms with E-state index in [1.54, 1.807) is 0 Å². The molecule has 59 heavy (non-hydrogen) atoms. The lowest BCUT2D eigenvalue weighted by atomic mass is 9.70. The lowest BCUT2D eigenvalue weighted by Crippen LogP contribution is -2.25. The Hall–Kier alpha value is -7.20. The molecule has 2 spiro atoms. The number of aromatic nitrogens is 2. The molecule has 0 fully saturated rings. The maximum Gasteiger partial charge on any atom is 0.113 e. The molecule has 4 aliphatic rings. The molecular formula is C56H32N2S. The van der Waals surface area contributed by atoms with Crippen molar-refractivity contribution in [1.82, 2.24) is 8.75 Å². The maximum atomic E-state index is 5.04. The second-order valence-electron chi connectivity index (χ2n) is 16.4. The molecule has 0 atom stereocenters. The average Bonchev–Trinajstić information content (AvgIpc) is 4.11. The van der Waals surface area contributed by atoms with Crippen LogP contribution in [0, 0.1) is 0 Å². The molecule has 4 aliphatic carbocycles. The van der Waals surface area contributed by atoms with Crippen LogP contribution in [0.5, 0.6) is 0 Å². The highest BCUT2D eigenvalue weighted by atomic mass is 32.1. The lowest BCUT2D eigenvalue weighted by molar-refractivity contribution is 0.794. The fourth-order valence-electron chi connectivity index (χ4n) is 11.9. The summed E-state index contributed by atoms with van der Waals surface area (Å²) in [6.07, 6.45) is 0. The molecule has 3 heteroatoms. The average molecular weight is 765 g/mol. The standard InChI is InChI=1S/C56H32N2S/c1-7-19-45-37(13-1)38-14-2-8-20-46(38)55(45)49-23-11-5-17-41(49)43-27-25-33(31-51(43)55)35-29-30-36(54-53(35)57-59-58-54)34-26-28-44-42-18-6-12-24-50(42)56(52(44)32-34)47-21-9-3-15-39(47)40-16-4-10-22-48(40)56/h1-32H. The van der Waals surface area contributed by atoms with Crippen molar-refractivity contribution >= 4 is 22.8 Å². The Bertz CT molecular complexity index is 3120. The molecule has 272 valence electrons. The first-order valence-corrected chi connectivity index (χ1v) is 21.1. The second kappa shape index (κ2) is 11.3. The molecule has 0 unspecified atom stereocenters. The zero-order chi connectivity index (χ0) is 38.5. The molecule has 1 heterocycles. The van der Waals surface area contributed by atoms with Gasteiger partial charge in [0.05, 0.1) is 22.6 Å². The van der Waals surface area contributed by atoms with Crippen LogP contribution in [0.3, 0.4) is 0 Å². The van der Waals surface area contributed by atoms with Crippen molar-refractivity contribution in [2.75, 3.05) is 0 Å². The molecular weight excluding hydrogens is 733 g/mol. The third-order valence-electron chi connectivity index (χ3n) is 14.0. The number of rotatable bonds is 2. The van der Waals surface area contributed by atoms with Crippen LogP contribution in [0.25, 0.3) is 77.8 Å². The summed E-state index contributed by atoms with van der Waals surface area (Å²) in [4.78, 5) is 0. The predicted molar refractivity (Wildman–Crippen MR) is 241 cm³/mol. The van der Waals surface area contributed by atoms with Gasteiger partial charge < -0.3 is 0 Å². The smallest absolute Gasteiger partial charge is 0.113 e. The minimum absolute atomic E-state index is 0.399.